The number of hydrogen-bond donors (Lipinski definition) is 1. The van der Waals surface area contributed by atoms with E-state index in [0.29, 0.717) is 25.4 Å². The molecule has 1 amide bonds. The topological polar surface area (TPSA) is 80.5 Å². The van der Waals surface area contributed by atoms with Gasteiger partial charge in [-0.15, -0.1) is 24.0 Å². The fourth-order valence-corrected chi connectivity index (χ4v) is 4.04. The largest absolute Gasteiger partial charge is 0.459 e. The Morgan fingerprint density at radius 1 is 1.09 bits per heavy atom. The predicted molar refractivity (Wildman–Crippen MR) is 140 cm³/mol. The standard InChI is InChI=1S/C23H33N7O2.HI/c1-3-24-23(30-14-12-29(13-15-30)22(31)20-5-4-16-32-20)26-18-19-6-7-25-21(17-19)28-10-8-27(2)9-11-28;/h4-7,16-17H,3,8-15,18H2,1-2H3,(H,24,26);1H. The lowest BCUT2D eigenvalue weighted by atomic mass is 10.2. The molecular formula is C23H34IN7O2. The number of furan rings is 1. The minimum atomic E-state index is -0.0511. The zero-order valence-electron chi connectivity index (χ0n) is 19.4. The number of carbonyl (C=O) groups is 1. The van der Waals surface area contributed by atoms with Gasteiger partial charge in [-0.3, -0.25) is 4.79 Å². The van der Waals surface area contributed by atoms with Crippen molar-refractivity contribution in [2.75, 3.05) is 70.9 Å². The van der Waals surface area contributed by atoms with E-state index in [0.717, 1.165) is 63.2 Å². The van der Waals surface area contributed by atoms with E-state index in [1.165, 1.54) is 6.26 Å². The Bertz CT molecular complexity index is 905. The molecule has 2 saturated heterocycles. The molecule has 1 N–H and O–H groups in total. The number of rotatable bonds is 5. The number of aliphatic imine (C=N–C) groups is 1. The highest BCUT2D eigenvalue weighted by Crippen LogP contribution is 2.16. The smallest absolute Gasteiger partial charge is 0.289 e. The highest BCUT2D eigenvalue weighted by Gasteiger charge is 2.25. The summed E-state index contributed by atoms with van der Waals surface area (Å²) in [6.07, 6.45) is 3.41. The number of aromatic nitrogens is 1. The Kier molecular flexibility index (Phi) is 9.36. The predicted octanol–water partition coefficient (Wildman–Crippen LogP) is 1.97. The van der Waals surface area contributed by atoms with Crippen molar-refractivity contribution >= 4 is 41.7 Å². The van der Waals surface area contributed by atoms with Gasteiger partial charge in [0.2, 0.25) is 0 Å². The monoisotopic (exact) mass is 567 g/mol. The van der Waals surface area contributed by atoms with E-state index < -0.39 is 0 Å². The Morgan fingerprint density at radius 3 is 2.48 bits per heavy atom. The van der Waals surface area contributed by atoms with Crippen molar-refractivity contribution in [3.8, 4) is 0 Å². The number of nitrogens with one attached hydrogen (secondary N) is 1. The highest BCUT2D eigenvalue weighted by molar-refractivity contribution is 14.0. The molecule has 4 heterocycles. The summed E-state index contributed by atoms with van der Waals surface area (Å²) in [5.74, 6) is 2.26. The summed E-state index contributed by atoms with van der Waals surface area (Å²) < 4.78 is 5.26. The van der Waals surface area contributed by atoms with E-state index in [4.69, 9.17) is 9.41 Å². The second-order valence-corrected chi connectivity index (χ2v) is 8.24. The molecule has 0 unspecified atom stereocenters. The quantitative estimate of drug-likeness (QED) is 0.336. The molecule has 0 saturated carbocycles. The van der Waals surface area contributed by atoms with Crippen molar-refractivity contribution in [2.24, 2.45) is 4.99 Å². The number of carbonyl (C=O) groups excluding carboxylic acids is 1. The van der Waals surface area contributed by atoms with E-state index in [1.54, 1.807) is 12.1 Å². The summed E-state index contributed by atoms with van der Waals surface area (Å²) in [5, 5.41) is 3.40. The van der Waals surface area contributed by atoms with Gasteiger partial charge in [0.05, 0.1) is 12.8 Å². The number of hydrogen-bond acceptors (Lipinski definition) is 6. The van der Waals surface area contributed by atoms with Gasteiger partial charge in [0.15, 0.2) is 11.7 Å². The highest BCUT2D eigenvalue weighted by atomic mass is 127. The van der Waals surface area contributed by atoms with Crippen molar-refractivity contribution < 1.29 is 9.21 Å². The third-order valence-electron chi connectivity index (χ3n) is 5.98. The van der Waals surface area contributed by atoms with E-state index in [-0.39, 0.29) is 29.9 Å². The molecule has 10 heteroatoms. The summed E-state index contributed by atoms with van der Waals surface area (Å²) in [6, 6.07) is 7.64. The summed E-state index contributed by atoms with van der Waals surface area (Å²) in [6.45, 7) is 10.3. The number of nitrogens with zero attached hydrogens (tertiary/aromatic N) is 6. The Hall–Kier alpha value is -2.34. The lowest BCUT2D eigenvalue weighted by Gasteiger charge is -2.36. The van der Waals surface area contributed by atoms with E-state index >= 15 is 0 Å². The maximum Gasteiger partial charge on any atom is 0.289 e. The summed E-state index contributed by atoms with van der Waals surface area (Å²) in [7, 11) is 2.16. The summed E-state index contributed by atoms with van der Waals surface area (Å²) in [4.78, 5) is 30.7. The molecule has 0 aliphatic carbocycles. The molecule has 2 aliphatic rings. The van der Waals surface area contributed by atoms with Crippen LogP contribution in [0.3, 0.4) is 0 Å². The van der Waals surface area contributed by atoms with Crippen LogP contribution in [0.25, 0.3) is 0 Å². The lowest BCUT2D eigenvalue weighted by Crippen LogP contribution is -2.53. The van der Waals surface area contributed by atoms with Crippen LogP contribution < -0.4 is 10.2 Å². The SMILES string of the molecule is CCNC(=NCc1ccnc(N2CCN(C)CC2)c1)N1CCN(C(=O)c2ccco2)CC1.I. The van der Waals surface area contributed by atoms with Gasteiger partial charge in [-0.05, 0) is 43.8 Å². The van der Waals surface area contributed by atoms with Gasteiger partial charge < -0.3 is 29.3 Å². The number of likely N-dealkylation sites (N-methyl/N-ethyl adjacent to an activating group) is 1. The molecule has 4 rings (SSSR count). The van der Waals surface area contributed by atoms with Crippen LogP contribution in [-0.4, -0.2) is 97.5 Å². The Balaban J connectivity index is 0.00000306. The van der Waals surface area contributed by atoms with Crippen molar-refractivity contribution in [2.45, 2.75) is 13.5 Å². The molecule has 9 nitrogen and oxygen atoms in total. The normalized spacial score (nSPS) is 17.6. The second kappa shape index (κ2) is 12.2. The van der Waals surface area contributed by atoms with E-state index in [2.05, 4.69) is 45.0 Å². The third-order valence-corrected chi connectivity index (χ3v) is 5.98. The minimum Gasteiger partial charge on any atom is -0.459 e. The number of halogens is 1. The molecule has 0 aromatic carbocycles. The number of piperazine rings is 2. The van der Waals surface area contributed by atoms with E-state index in [9.17, 15) is 4.79 Å². The van der Waals surface area contributed by atoms with Gasteiger partial charge >= 0.3 is 0 Å². The average Bonchev–Trinajstić information content (AvgIpc) is 3.37. The van der Waals surface area contributed by atoms with E-state index in [1.807, 2.05) is 17.2 Å². The van der Waals surface area contributed by atoms with Crippen LogP contribution in [0.1, 0.15) is 23.0 Å². The number of anilines is 1. The molecule has 0 bridgehead atoms. The Labute approximate surface area is 212 Å². The van der Waals surface area contributed by atoms with Crippen molar-refractivity contribution in [1.29, 1.82) is 0 Å². The fourth-order valence-electron chi connectivity index (χ4n) is 4.04. The zero-order chi connectivity index (χ0) is 22.3. The van der Waals surface area contributed by atoms with Gasteiger partial charge in [0.1, 0.15) is 5.82 Å². The molecule has 2 aliphatic heterocycles. The van der Waals surface area contributed by atoms with Crippen molar-refractivity contribution in [3.63, 3.8) is 0 Å². The van der Waals surface area contributed by atoms with Crippen molar-refractivity contribution in [3.05, 3.63) is 48.0 Å². The molecule has 0 atom stereocenters. The molecule has 0 radical (unpaired) electrons. The van der Waals surface area contributed by atoms with Crippen molar-refractivity contribution in [1.82, 2.24) is 25.0 Å². The van der Waals surface area contributed by atoms with Gasteiger partial charge in [-0.1, -0.05) is 0 Å². The molecule has 2 fully saturated rings. The first-order valence-electron chi connectivity index (χ1n) is 11.4. The first kappa shape index (κ1) is 25.3. The average molecular weight is 567 g/mol. The molecule has 2 aromatic rings. The molecule has 33 heavy (non-hydrogen) atoms. The van der Waals surface area contributed by atoms with Crippen LogP contribution in [0, 0.1) is 0 Å². The number of amides is 1. The molecule has 180 valence electrons. The van der Waals surface area contributed by atoms with Gasteiger partial charge in [0.25, 0.3) is 5.91 Å². The van der Waals surface area contributed by atoms with Crippen LogP contribution in [0.4, 0.5) is 5.82 Å². The Morgan fingerprint density at radius 2 is 1.82 bits per heavy atom. The summed E-state index contributed by atoms with van der Waals surface area (Å²) in [5.41, 5.74) is 1.15. The van der Waals surface area contributed by atoms with Gasteiger partial charge in [-0.2, -0.15) is 0 Å². The summed E-state index contributed by atoms with van der Waals surface area (Å²) >= 11 is 0. The molecule has 2 aromatic heterocycles. The maximum atomic E-state index is 12.5. The maximum absolute atomic E-state index is 12.5. The van der Waals surface area contributed by atoms with Crippen LogP contribution in [0.2, 0.25) is 0 Å². The first-order valence-corrected chi connectivity index (χ1v) is 11.4. The fraction of sp³-hybridized carbons (Fsp3) is 0.522. The minimum absolute atomic E-state index is 0. The lowest BCUT2D eigenvalue weighted by molar-refractivity contribution is 0.0657. The van der Waals surface area contributed by atoms with Gasteiger partial charge in [0, 0.05) is 65.1 Å². The first-order chi connectivity index (χ1) is 15.6. The van der Waals surface area contributed by atoms with Gasteiger partial charge in [-0.25, -0.2) is 9.98 Å². The third kappa shape index (κ3) is 6.59. The number of guanidine groups is 1. The molecule has 0 spiro atoms. The van der Waals surface area contributed by atoms with Crippen LogP contribution >= 0.6 is 24.0 Å². The zero-order valence-corrected chi connectivity index (χ0v) is 21.8. The van der Waals surface area contributed by atoms with Crippen LogP contribution in [0.15, 0.2) is 46.1 Å². The second-order valence-electron chi connectivity index (χ2n) is 8.24. The van der Waals surface area contributed by atoms with Crippen LogP contribution in [0.5, 0.6) is 0 Å². The number of pyridine rings is 1. The van der Waals surface area contributed by atoms with Crippen LogP contribution in [-0.2, 0) is 6.54 Å². The molecular weight excluding hydrogens is 533 g/mol.